The number of rotatable bonds is 5. The average molecular weight is 518 g/mol. The van der Waals surface area contributed by atoms with Gasteiger partial charge in [-0.1, -0.05) is 35.9 Å². The zero-order valence-corrected chi connectivity index (χ0v) is 20.1. The van der Waals surface area contributed by atoms with Crippen LogP contribution in [0, 0.1) is 0 Å². The van der Waals surface area contributed by atoms with Crippen LogP contribution in [0.3, 0.4) is 0 Å². The summed E-state index contributed by atoms with van der Waals surface area (Å²) in [7, 11) is 2.03. The van der Waals surface area contributed by atoms with Crippen LogP contribution in [0.15, 0.2) is 59.5 Å². The van der Waals surface area contributed by atoms with Crippen molar-refractivity contribution in [3.63, 3.8) is 0 Å². The fraction of sp³-hybridized carbons (Fsp3) is 0.320. The highest BCUT2D eigenvalue weighted by molar-refractivity contribution is 6.30. The average Bonchev–Trinajstić information content (AvgIpc) is 3.15. The summed E-state index contributed by atoms with van der Waals surface area (Å²) in [4.78, 5) is 15.3. The molecule has 11 heteroatoms. The van der Waals surface area contributed by atoms with E-state index in [0.29, 0.717) is 21.9 Å². The Morgan fingerprint density at radius 1 is 1.11 bits per heavy atom. The van der Waals surface area contributed by atoms with Gasteiger partial charge in [-0.05, 0) is 61.8 Å². The van der Waals surface area contributed by atoms with Crippen molar-refractivity contribution in [1.82, 2.24) is 24.3 Å². The summed E-state index contributed by atoms with van der Waals surface area (Å²) in [5, 5.41) is 9.37. The van der Waals surface area contributed by atoms with Crippen molar-refractivity contribution in [2.24, 2.45) is 0 Å². The molecule has 0 amide bonds. The first-order valence-corrected chi connectivity index (χ1v) is 11.8. The maximum Gasteiger partial charge on any atom is 0.416 e. The Labute approximate surface area is 209 Å². The quantitative estimate of drug-likeness (QED) is 0.382. The van der Waals surface area contributed by atoms with Crippen molar-refractivity contribution in [3.05, 3.63) is 81.4 Å². The molecule has 1 fully saturated rings. The molecule has 5 rings (SSSR count). The first kappa shape index (κ1) is 24.3. The Bertz CT molecular complexity index is 1430. The SMILES string of the molecule is CN1CCCC(Oc2c(-c3ccc(Cl)cc3)cnn3c(=O)n(Cc4ccc(C(F)(F)F)cc4)nc23)C1. The van der Waals surface area contributed by atoms with E-state index in [1.807, 2.05) is 19.2 Å². The number of likely N-dealkylation sites (N-methyl/N-ethyl adjacent to an activating group) is 1. The van der Waals surface area contributed by atoms with Crippen molar-refractivity contribution in [2.75, 3.05) is 20.1 Å². The van der Waals surface area contributed by atoms with Crippen LogP contribution in [-0.2, 0) is 12.7 Å². The first-order chi connectivity index (χ1) is 17.2. The molecule has 7 nitrogen and oxygen atoms in total. The van der Waals surface area contributed by atoms with E-state index in [2.05, 4.69) is 15.1 Å². The second-order valence-electron chi connectivity index (χ2n) is 8.91. The molecule has 0 radical (unpaired) electrons. The lowest BCUT2D eigenvalue weighted by molar-refractivity contribution is -0.137. The number of alkyl halides is 3. The molecular formula is C25H23ClF3N5O2. The maximum absolute atomic E-state index is 13.1. The smallest absolute Gasteiger partial charge is 0.416 e. The van der Waals surface area contributed by atoms with E-state index >= 15 is 0 Å². The third-order valence-electron chi connectivity index (χ3n) is 6.20. The number of likely N-dealkylation sites (tertiary alicyclic amines) is 1. The lowest BCUT2D eigenvalue weighted by Crippen LogP contribution is -2.38. The van der Waals surface area contributed by atoms with Gasteiger partial charge in [0.05, 0.1) is 18.3 Å². The highest BCUT2D eigenvalue weighted by atomic mass is 35.5. The third kappa shape index (κ3) is 4.96. The number of hydrogen-bond acceptors (Lipinski definition) is 5. The Morgan fingerprint density at radius 2 is 1.83 bits per heavy atom. The summed E-state index contributed by atoms with van der Waals surface area (Å²) in [6.07, 6.45) is -1.14. The van der Waals surface area contributed by atoms with Gasteiger partial charge in [0, 0.05) is 17.1 Å². The topological polar surface area (TPSA) is 64.7 Å². The second-order valence-corrected chi connectivity index (χ2v) is 9.35. The number of hydrogen-bond donors (Lipinski definition) is 0. The minimum atomic E-state index is -4.43. The molecule has 1 aliphatic rings. The van der Waals surface area contributed by atoms with Gasteiger partial charge >= 0.3 is 11.9 Å². The molecule has 0 bridgehead atoms. The van der Waals surface area contributed by atoms with Crippen LogP contribution >= 0.6 is 11.6 Å². The van der Waals surface area contributed by atoms with Crippen LogP contribution in [0.1, 0.15) is 24.0 Å². The molecule has 0 saturated carbocycles. The van der Waals surface area contributed by atoms with Gasteiger partial charge in [0.25, 0.3) is 0 Å². The molecule has 1 atom stereocenters. The lowest BCUT2D eigenvalue weighted by Gasteiger charge is -2.30. The van der Waals surface area contributed by atoms with Gasteiger partial charge in [-0.15, -0.1) is 5.10 Å². The summed E-state index contributed by atoms with van der Waals surface area (Å²) >= 11 is 6.07. The van der Waals surface area contributed by atoms with Crippen LogP contribution in [-0.4, -0.2) is 50.5 Å². The van der Waals surface area contributed by atoms with E-state index in [1.54, 1.807) is 18.3 Å². The van der Waals surface area contributed by atoms with Gasteiger partial charge in [0.15, 0.2) is 5.75 Å². The molecule has 2 aromatic heterocycles. The van der Waals surface area contributed by atoms with Gasteiger partial charge in [0.1, 0.15) is 6.10 Å². The summed E-state index contributed by atoms with van der Waals surface area (Å²) in [5.74, 6) is 0.427. The van der Waals surface area contributed by atoms with E-state index in [1.165, 1.54) is 16.8 Å². The van der Waals surface area contributed by atoms with Gasteiger partial charge < -0.3 is 9.64 Å². The van der Waals surface area contributed by atoms with E-state index < -0.39 is 17.4 Å². The summed E-state index contributed by atoms with van der Waals surface area (Å²) < 4.78 is 47.5. The summed E-state index contributed by atoms with van der Waals surface area (Å²) in [6.45, 7) is 1.70. The van der Waals surface area contributed by atoms with Crippen LogP contribution in [0.4, 0.5) is 13.2 Å². The van der Waals surface area contributed by atoms with Crippen LogP contribution in [0.2, 0.25) is 5.02 Å². The van der Waals surface area contributed by atoms with Gasteiger partial charge in [-0.2, -0.15) is 22.8 Å². The fourth-order valence-corrected chi connectivity index (χ4v) is 4.47. The van der Waals surface area contributed by atoms with E-state index in [9.17, 15) is 18.0 Å². The molecule has 1 unspecified atom stereocenters. The zero-order chi connectivity index (χ0) is 25.4. The van der Waals surface area contributed by atoms with Crippen LogP contribution in [0.5, 0.6) is 5.75 Å². The van der Waals surface area contributed by atoms with Crippen molar-refractivity contribution in [2.45, 2.75) is 31.7 Å². The number of benzene rings is 2. The van der Waals surface area contributed by atoms with E-state index in [-0.39, 0.29) is 18.3 Å². The predicted molar refractivity (Wildman–Crippen MR) is 129 cm³/mol. The van der Waals surface area contributed by atoms with Crippen LogP contribution < -0.4 is 10.4 Å². The normalized spacial score (nSPS) is 17.0. The highest BCUT2D eigenvalue weighted by Crippen LogP contribution is 2.34. The van der Waals surface area contributed by atoms with Crippen molar-refractivity contribution in [1.29, 1.82) is 0 Å². The minimum absolute atomic E-state index is 0.0117. The number of aromatic nitrogens is 4. The Morgan fingerprint density at radius 3 is 2.50 bits per heavy atom. The maximum atomic E-state index is 13.1. The number of fused-ring (bicyclic) bond motifs is 1. The molecule has 1 saturated heterocycles. The molecule has 2 aromatic carbocycles. The van der Waals surface area contributed by atoms with Crippen LogP contribution in [0.25, 0.3) is 16.8 Å². The van der Waals surface area contributed by atoms with E-state index in [0.717, 1.165) is 48.1 Å². The van der Waals surface area contributed by atoms with Gasteiger partial charge in [0.2, 0.25) is 5.65 Å². The van der Waals surface area contributed by atoms with Crippen molar-refractivity contribution >= 4 is 17.2 Å². The standard InChI is InChI=1S/C25H23ClF3N5O2/c1-32-12-2-3-20(15-32)36-22-21(17-6-10-19(26)11-7-17)13-30-34-23(22)31-33(24(34)35)14-16-4-8-18(9-5-16)25(27,28)29/h4-11,13,20H,2-3,12,14-15H2,1H3. The number of piperidine rings is 1. The summed E-state index contributed by atoms with van der Waals surface area (Å²) in [6, 6.07) is 11.8. The Balaban J connectivity index is 1.56. The number of nitrogens with zero attached hydrogens (tertiary/aromatic N) is 5. The zero-order valence-electron chi connectivity index (χ0n) is 19.4. The number of ether oxygens (including phenoxy) is 1. The summed E-state index contributed by atoms with van der Waals surface area (Å²) in [5.41, 5.74) is 0.946. The van der Waals surface area contributed by atoms with Gasteiger partial charge in [-0.25, -0.2) is 9.48 Å². The fourth-order valence-electron chi connectivity index (χ4n) is 4.35. The monoisotopic (exact) mass is 517 g/mol. The predicted octanol–water partition coefficient (Wildman–Crippen LogP) is 4.75. The van der Waals surface area contributed by atoms with Gasteiger partial charge in [-0.3, -0.25) is 0 Å². The molecule has 0 N–H and O–H groups in total. The highest BCUT2D eigenvalue weighted by Gasteiger charge is 2.30. The molecule has 36 heavy (non-hydrogen) atoms. The third-order valence-corrected chi connectivity index (χ3v) is 6.45. The van der Waals surface area contributed by atoms with Crippen molar-refractivity contribution in [3.8, 4) is 16.9 Å². The minimum Gasteiger partial charge on any atom is -0.484 e. The van der Waals surface area contributed by atoms with E-state index in [4.69, 9.17) is 16.3 Å². The molecule has 4 aromatic rings. The molecular weight excluding hydrogens is 495 g/mol. The van der Waals surface area contributed by atoms with Crippen molar-refractivity contribution < 1.29 is 17.9 Å². The first-order valence-electron chi connectivity index (χ1n) is 11.4. The Kier molecular flexibility index (Phi) is 6.48. The molecule has 0 spiro atoms. The lowest BCUT2D eigenvalue weighted by atomic mass is 10.1. The second kappa shape index (κ2) is 9.59. The molecule has 188 valence electrons. The largest absolute Gasteiger partial charge is 0.484 e. The molecule has 3 heterocycles. The number of halogens is 4. The Hall–Kier alpha value is -3.37. The molecule has 0 aliphatic carbocycles. The molecule has 1 aliphatic heterocycles.